The van der Waals surface area contributed by atoms with Gasteiger partial charge in [-0.15, -0.1) is 0 Å². The first-order valence-electron chi connectivity index (χ1n) is 3.56. The van der Waals surface area contributed by atoms with E-state index in [1.807, 2.05) is 0 Å². The van der Waals surface area contributed by atoms with E-state index in [1.54, 1.807) is 0 Å². The predicted molar refractivity (Wildman–Crippen MR) is 43.4 cm³/mol. The van der Waals surface area contributed by atoms with Gasteiger partial charge in [0.2, 0.25) is 0 Å². The van der Waals surface area contributed by atoms with E-state index in [0.29, 0.717) is 0 Å². The molecule has 1 aromatic rings. The topological polar surface area (TPSA) is 54.4 Å². The molecule has 0 radical (unpaired) electrons. The molecule has 0 aliphatic rings. The van der Waals surface area contributed by atoms with Crippen molar-refractivity contribution in [1.82, 2.24) is 0 Å². The lowest BCUT2D eigenvalue weighted by molar-refractivity contribution is 0.0692. The number of rotatable bonds is 2. The molecule has 0 amide bonds. The van der Waals surface area contributed by atoms with Crippen LogP contribution in [0.15, 0.2) is 18.2 Å². The molecule has 1 rings (SSSR count). The molecule has 0 aliphatic carbocycles. The molecule has 3 nitrogen and oxygen atoms in total. The van der Waals surface area contributed by atoms with E-state index >= 15 is 0 Å². The molecular weight excluding hydrogens is 175 g/mol. The molecular formula is C9H7FO3. The highest BCUT2D eigenvalue weighted by Crippen LogP contribution is 2.13. The molecule has 1 aromatic carbocycles. The molecule has 0 heterocycles. The Morgan fingerprint density at radius 3 is 2.31 bits per heavy atom. The molecule has 0 fully saturated rings. The predicted octanol–water partition coefficient (Wildman–Crippen LogP) is 1.73. The van der Waals surface area contributed by atoms with Gasteiger partial charge in [-0.1, -0.05) is 6.07 Å². The van der Waals surface area contributed by atoms with Crippen LogP contribution < -0.4 is 0 Å². The number of carbonyl (C=O) groups is 2. The average Bonchev–Trinajstić information content (AvgIpc) is 2.03. The number of hydrogen-bond acceptors (Lipinski definition) is 2. The molecule has 1 N–H and O–H groups in total. The lowest BCUT2D eigenvalue weighted by Gasteiger charge is -2.00. The number of ketones is 1. The maximum atomic E-state index is 13.2. The number of aromatic carboxylic acids is 1. The number of carboxylic acid groups (broad SMARTS) is 1. The van der Waals surface area contributed by atoms with E-state index < -0.39 is 23.1 Å². The summed E-state index contributed by atoms with van der Waals surface area (Å²) in [5.74, 6) is -2.83. The van der Waals surface area contributed by atoms with Gasteiger partial charge in [0.25, 0.3) is 0 Å². The number of carbonyl (C=O) groups excluding carboxylic acids is 1. The van der Waals surface area contributed by atoms with Gasteiger partial charge >= 0.3 is 5.97 Å². The molecule has 0 spiro atoms. The van der Waals surface area contributed by atoms with Crippen molar-refractivity contribution in [2.45, 2.75) is 6.92 Å². The van der Waals surface area contributed by atoms with Gasteiger partial charge in [0.15, 0.2) is 5.78 Å². The van der Waals surface area contributed by atoms with Crippen LogP contribution in [0.25, 0.3) is 0 Å². The molecule has 4 heteroatoms. The summed E-state index contributed by atoms with van der Waals surface area (Å²) < 4.78 is 13.2. The van der Waals surface area contributed by atoms with Crippen molar-refractivity contribution in [3.63, 3.8) is 0 Å². The number of carboxylic acids is 1. The van der Waals surface area contributed by atoms with Gasteiger partial charge in [0, 0.05) is 0 Å². The lowest BCUT2D eigenvalue weighted by atomic mass is 10.1. The molecule has 0 aliphatic heterocycles. The Kier molecular flexibility index (Phi) is 2.41. The maximum Gasteiger partial charge on any atom is 0.338 e. The number of hydrogen-bond donors (Lipinski definition) is 1. The fourth-order valence-electron chi connectivity index (χ4n) is 0.969. The van der Waals surface area contributed by atoms with E-state index in [0.717, 1.165) is 6.07 Å². The minimum atomic E-state index is -1.37. The molecule has 0 saturated heterocycles. The van der Waals surface area contributed by atoms with E-state index in [-0.39, 0.29) is 5.56 Å². The quantitative estimate of drug-likeness (QED) is 0.708. The summed E-state index contributed by atoms with van der Waals surface area (Å²) >= 11 is 0. The molecule has 0 aromatic heterocycles. The summed E-state index contributed by atoms with van der Waals surface area (Å²) in [5, 5.41) is 8.52. The van der Waals surface area contributed by atoms with E-state index in [1.165, 1.54) is 19.1 Å². The monoisotopic (exact) mass is 182 g/mol. The fraction of sp³-hybridized carbons (Fsp3) is 0.111. The second-order valence-electron chi connectivity index (χ2n) is 2.53. The van der Waals surface area contributed by atoms with E-state index in [4.69, 9.17) is 5.11 Å². The second kappa shape index (κ2) is 3.35. The Morgan fingerprint density at radius 1 is 1.31 bits per heavy atom. The van der Waals surface area contributed by atoms with Crippen LogP contribution in [0.5, 0.6) is 0 Å². The zero-order valence-corrected chi connectivity index (χ0v) is 6.87. The molecule has 13 heavy (non-hydrogen) atoms. The van der Waals surface area contributed by atoms with Crippen LogP contribution in [0.4, 0.5) is 4.39 Å². The highest BCUT2D eigenvalue weighted by Gasteiger charge is 2.15. The van der Waals surface area contributed by atoms with Gasteiger partial charge in [-0.3, -0.25) is 4.79 Å². The van der Waals surface area contributed by atoms with Crippen LogP contribution in [0.3, 0.4) is 0 Å². The lowest BCUT2D eigenvalue weighted by Crippen LogP contribution is -2.05. The van der Waals surface area contributed by atoms with Gasteiger partial charge in [0.05, 0.1) is 11.1 Å². The van der Waals surface area contributed by atoms with Crippen molar-refractivity contribution in [2.75, 3.05) is 0 Å². The summed E-state index contributed by atoms with van der Waals surface area (Å²) in [6, 6.07) is 3.71. The third-order valence-corrected chi connectivity index (χ3v) is 1.61. The maximum absolute atomic E-state index is 13.2. The Hall–Kier alpha value is -1.71. The van der Waals surface area contributed by atoms with Crippen molar-refractivity contribution in [1.29, 1.82) is 0 Å². The van der Waals surface area contributed by atoms with Crippen LogP contribution in [0.2, 0.25) is 0 Å². The molecule has 68 valence electrons. The highest BCUT2D eigenvalue weighted by molar-refractivity contribution is 5.97. The van der Waals surface area contributed by atoms with Crippen LogP contribution >= 0.6 is 0 Å². The summed E-state index contributed by atoms with van der Waals surface area (Å²) in [4.78, 5) is 21.3. The minimum Gasteiger partial charge on any atom is -0.478 e. The summed E-state index contributed by atoms with van der Waals surface area (Å²) in [7, 11) is 0. The number of Topliss-reactive ketones (excluding diaryl/α,β-unsaturated/α-hetero) is 1. The van der Waals surface area contributed by atoms with Crippen LogP contribution in [0.1, 0.15) is 27.6 Å². The standard InChI is InChI=1S/C9H7FO3/c1-5(11)6-3-2-4-7(8(6)10)9(12)13/h2-4H,1H3,(H,12,13). The van der Waals surface area contributed by atoms with Gasteiger partial charge in [0.1, 0.15) is 5.82 Å². The van der Waals surface area contributed by atoms with E-state index in [2.05, 4.69) is 0 Å². The fourth-order valence-corrected chi connectivity index (χ4v) is 0.969. The highest BCUT2D eigenvalue weighted by atomic mass is 19.1. The smallest absolute Gasteiger partial charge is 0.338 e. The SMILES string of the molecule is CC(=O)c1cccc(C(=O)O)c1F. The van der Waals surface area contributed by atoms with Crippen LogP contribution in [0, 0.1) is 5.82 Å². The zero-order valence-electron chi connectivity index (χ0n) is 6.87. The molecule has 0 bridgehead atoms. The largest absolute Gasteiger partial charge is 0.478 e. The summed E-state index contributed by atoms with van der Waals surface area (Å²) in [6.45, 7) is 1.18. The number of benzene rings is 1. The second-order valence-corrected chi connectivity index (χ2v) is 2.53. The van der Waals surface area contributed by atoms with Crippen LogP contribution in [-0.2, 0) is 0 Å². The van der Waals surface area contributed by atoms with Gasteiger partial charge in [-0.25, -0.2) is 9.18 Å². The van der Waals surface area contributed by atoms with Gasteiger partial charge in [-0.05, 0) is 19.1 Å². The van der Waals surface area contributed by atoms with Crippen molar-refractivity contribution in [3.05, 3.63) is 35.1 Å². The Bertz CT molecular complexity index is 339. The van der Waals surface area contributed by atoms with Crippen LogP contribution in [-0.4, -0.2) is 16.9 Å². The van der Waals surface area contributed by atoms with Gasteiger partial charge < -0.3 is 5.11 Å². The third-order valence-electron chi connectivity index (χ3n) is 1.61. The zero-order chi connectivity index (χ0) is 10.0. The first-order chi connectivity index (χ1) is 6.04. The first-order valence-corrected chi connectivity index (χ1v) is 3.56. The van der Waals surface area contributed by atoms with Crippen molar-refractivity contribution in [2.24, 2.45) is 0 Å². The summed E-state index contributed by atoms with van der Waals surface area (Å²) in [5.41, 5.74) is -0.674. The third kappa shape index (κ3) is 1.72. The first kappa shape index (κ1) is 9.38. The Labute approximate surface area is 73.8 Å². The average molecular weight is 182 g/mol. The Morgan fingerprint density at radius 2 is 1.85 bits per heavy atom. The van der Waals surface area contributed by atoms with Crippen molar-refractivity contribution >= 4 is 11.8 Å². The molecule has 0 saturated carbocycles. The molecule has 0 atom stereocenters. The van der Waals surface area contributed by atoms with E-state index in [9.17, 15) is 14.0 Å². The Balaban J connectivity index is 3.35. The minimum absolute atomic E-state index is 0.195. The van der Waals surface area contributed by atoms with Gasteiger partial charge in [-0.2, -0.15) is 0 Å². The summed E-state index contributed by atoms with van der Waals surface area (Å²) in [6.07, 6.45) is 0. The van der Waals surface area contributed by atoms with Crippen molar-refractivity contribution in [3.8, 4) is 0 Å². The number of halogens is 1. The normalized spacial score (nSPS) is 9.69. The molecule has 0 unspecified atom stereocenters. The van der Waals surface area contributed by atoms with Crippen molar-refractivity contribution < 1.29 is 19.1 Å².